The predicted molar refractivity (Wildman–Crippen MR) is 93.8 cm³/mol. The maximum atomic E-state index is 13.3. The summed E-state index contributed by atoms with van der Waals surface area (Å²) in [4.78, 5) is 17.3. The largest absolute Gasteiger partial charge is 0.426 e. The Morgan fingerprint density at radius 1 is 1.38 bits per heavy atom. The zero-order valence-electron chi connectivity index (χ0n) is 15.1. The van der Waals surface area contributed by atoms with E-state index in [9.17, 15) is 9.90 Å². The lowest BCUT2D eigenvalue weighted by Crippen LogP contribution is -2.78. The minimum atomic E-state index is -0.789. The van der Waals surface area contributed by atoms with E-state index < -0.39 is 17.7 Å². The number of hydrogen-bond acceptors (Lipinski definition) is 6. The molecule has 1 N–H and O–H groups in total. The van der Waals surface area contributed by atoms with Crippen LogP contribution >= 0.6 is 0 Å². The van der Waals surface area contributed by atoms with Crippen LogP contribution in [0.5, 0.6) is 0 Å². The SMILES string of the molecule is CC(O)C(c1nnco1)N1C(=O)C2(CCCN2Cc2ccccc2)C1C. The highest BCUT2D eigenvalue weighted by Crippen LogP contribution is 2.48. The lowest BCUT2D eigenvalue weighted by molar-refractivity contribution is -0.185. The Kier molecular flexibility index (Phi) is 4.28. The molecule has 2 aromatic rings. The number of hydrogen-bond donors (Lipinski definition) is 1. The molecule has 2 fully saturated rings. The Labute approximate surface area is 152 Å². The van der Waals surface area contributed by atoms with Crippen LogP contribution in [0.25, 0.3) is 0 Å². The van der Waals surface area contributed by atoms with Gasteiger partial charge in [-0.3, -0.25) is 9.69 Å². The molecule has 3 heterocycles. The van der Waals surface area contributed by atoms with E-state index in [-0.39, 0.29) is 17.8 Å². The summed E-state index contributed by atoms with van der Waals surface area (Å²) in [5.41, 5.74) is 0.708. The number of nitrogens with zero attached hydrogens (tertiary/aromatic N) is 4. The molecule has 1 amide bonds. The summed E-state index contributed by atoms with van der Waals surface area (Å²) >= 11 is 0. The molecule has 0 aliphatic carbocycles. The number of benzene rings is 1. The van der Waals surface area contributed by atoms with Crippen molar-refractivity contribution >= 4 is 5.91 Å². The smallest absolute Gasteiger partial charge is 0.246 e. The van der Waals surface area contributed by atoms with Crippen LogP contribution in [0.3, 0.4) is 0 Å². The molecule has 0 saturated carbocycles. The highest BCUT2D eigenvalue weighted by atomic mass is 16.4. The van der Waals surface area contributed by atoms with Crippen LogP contribution in [0.2, 0.25) is 0 Å². The number of β-lactam (4-membered cyclic amide) rings is 1. The molecular weight excluding hydrogens is 332 g/mol. The molecule has 7 nitrogen and oxygen atoms in total. The van der Waals surface area contributed by atoms with Gasteiger partial charge in [0.05, 0.1) is 12.1 Å². The maximum Gasteiger partial charge on any atom is 0.246 e. The molecule has 4 rings (SSSR count). The van der Waals surface area contributed by atoms with Crippen LogP contribution < -0.4 is 0 Å². The summed E-state index contributed by atoms with van der Waals surface area (Å²) in [5, 5.41) is 17.9. The summed E-state index contributed by atoms with van der Waals surface area (Å²) < 4.78 is 5.29. The van der Waals surface area contributed by atoms with Crippen molar-refractivity contribution in [3.05, 3.63) is 48.2 Å². The van der Waals surface area contributed by atoms with Gasteiger partial charge in [0.15, 0.2) is 0 Å². The number of aromatic nitrogens is 2. The molecule has 2 aliphatic heterocycles. The van der Waals surface area contributed by atoms with Gasteiger partial charge in [-0.1, -0.05) is 30.3 Å². The second-order valence-corrected chi connectivity index (χ2v) is 7.29. The van der Waals surface area contributed by atoms with E-state index in [2.05, 4.69) is 34.2 Å². The van der Waals surface area contributed by atoms with Crippen molar-refractivity contribution in [3.8, 4) is 0 Å². The van der Waals surface area contributed by atoms with E-state index in [0.717, 1.165) is 25.9 Å². The fourth-order valence-electron chi connectivity index (χ4n) is 4.61. The van der Waals surface area contributed by atoms with Crippen LogP contribution in [-0.2, 0) is 11.3 Å². The Morgan fingerprint density at radius 3 is 2.77 bits per heavy atom. The Morgan fingerprint density at radius 2 is 2.15 bits per heavy atom. The van der Waals surface area contributed by atoms with E-state index >= 15 is 0 Å². The number of carbonyl (C=O) groups excluding carboxylic acids is 1. The third kappa shape index (κ3) is 2.46. The van der Waals surface area contributed by atoms with E-state index in [0.29, 0.717) is 0 Å². The summed E-state index contributed by atoms with van der Waals surface area (Å²) in [7, 11) is 0. The van der Waals surface area contributed by atoms with E-state index in [4.69, 9.17) is 4.42 Å². The number of aliphatic hydroxyl groups excluding tert-OH is 1. The van der Waals surface area contributed by atoms with Crippen molar-refractivity contribution in [1.29, 1.82) is 0 Å². The lowest BCUT2D eigenvalue weighted by Gasteiger charge is -2.59. The second-order valence-electron chi connectivity index (χ2n) is 7.29. The Balaban J connectivity index is 1.59. The van der Waals surface area contributed by atoms with Gasteiger partial charge in [0, 0.05) is 6.54 Å². The van der Waals surface area contributed by atoms with Gasteiger partial charge in [0.1, 0.15) is 11.6 Å². The molecule has 4 atom stereocenters. The number of carbonyl (C=O) groups is 1. The highest BCUT2D eigenvalue weighted by Gasteiger charge is 2.65. The number of amides is 1. The molecule has 1 spiro atoms. The molecule has 4 unspecified atom stereocenters. The van der Waals surface area contributed by atoms with Gasteiger partial charge in [0.2, 0.25) is 18.2 Å². The monoisotopic (exact) mass is 356 g/mol. The minimum absolute atomic E-state index is 0.0345. The van der Waals surface area contributed by atoms with Gasteiger partial charge in [-0.2, -0.15) is 0 Å². The molecule has 138 valence electrons. The van der Waals surface area contributed by atoms with Gasteiger partial charge < -0.3 is 14.4 Å². The quantitative estimate of drug-likeness (QED) is 0.822. The van der Waals surface area contributed by atoms with Crippen LogP contribution in [0.1, 0.15) is 44.2 Å². The van der Waals surface area contributed by atoms with Gasteiger partial charge in [0.25, 0.3) is 0 Å². The number of aliphatic hydroxyl groups is 1. The topological polar surface area (TPSA) is 82.7 Å². The standard InChI is InChI=1S/C19H24N4O3/c1-13(24)16(17-21-20-12-26-17)23-14(2)19(18(23)25)9-6-10-22(19)11-15-7-4-3-5-8-15/h3-5,7-8,12-14,16,24H,6,9-11H2,1-2H3. The molecule has 2 aliphatic rings. The van der Waals surface area contributed by atoms with Crippen molar-refractivity contribution in [1.82, 2.24) is 20.0 Å². The molecule has 1 aromatic heterocycles. The van der Waals surface area contributed by atoms with Gasteiger partial charge >= 0.3 is 0 Å². The first kappa shape index (κ1) is 17.2. The molecule has 0 bridgehead atoms. The fraction of sp³-hybridized carbons (Fsp3) is 0.526. The number of rotatable bonds is 5. The molecular formula is C19H24N4O3. The van der Waals surface area contributed by atoms with Gasteiger partial charge in [-0.25, -0.2) is 0 Å². The van der Waals surface area contributed by atoms with Crippen molar-refractivity contribution in [2.24, 2.45) is 0 Å². The van der Waals surface area contributed by atoms with Crippen LogP contribution in [0.4, 0.5) is 0 Å². The normalized spacial score (nSPS) is 28.3. The third-order valence-electron chi connectivity index (χ3n) is 5.87. The van der Waals surface area contributed by atoms with Crippen molar-refractivity contribution in [2.75, 3.05) is 6.54 Å². The Hall–Kier alpha value is -2.25. The molecule has 7 heteroatoms. The van der Waals surface area contributed by atoms with Crippen molar-refractivity contribution < 1.29 is 14.3 Å². The van der Waals surface area contributed by atoms with Crippen LogP contribution in [-0.4, -0.2) is 55.2 Å². The maximum absolute atomic E-state index is 13.3. The zero-order chi connectivity index (χ0) is 18.3. The first-order valence-corrected chi connectivity index (χ1v) is 9.11. The average molecular weight is 356 g/mol. The third-order valence-corrected chi connectivity index (χ3v) is 5.87. The minimum Gasteiger partial charge on any atom is -0.426 e. The van der Waals surface area contributed by atoms with Gasteiger partial charge in [-0.15, -0.1) is 10.2 Å². The van der Waals surface area contributed by atoms with E-state index in [1.54, 1.807) is 11.8 Å². The first-order valence-electron chi connectivity index (χ1n) is 9.11. The van der Waals surface area contributed by atoms with Crippen molar-refractivity contribution in [3.63, 3.8) is 0 Å². The fourth-order valence-corrected chi connectivity index (χ4v) is 4.61. The molecule has 2 saturated heterocycles. The zero-order valence-corrected chi connectivity index (χ0v) is 15.1. The predicted octanol–water partition coefficient (Wildman–Crippen LogP) is 1.76. The van der Waals surface area contributed by atoms with Crippen LogP contribution in [0.15, 0.2) is 41.1 Å². The summed E-state index contributed by atoms with van der Waals surface area (Å²) in [6, 6.07) is 9.59. The Bertz CT molecular complexity index is 764. The van der Waals surface area contributed by atoms with Gasteiger partial charge in [-0.05, 0) is 38.8 Å². The summed E-state index contributed by atoms with van der Waals surface area (Å²) in [6.07, 6.45) is 2.28. The van der Waals surface area contributed by atoms with Crippen LogP contribution in [0, 0.1) is 0 Å². The van der Waals surface area contributed by atoms with Crippen molar-refractivity contribution in [2.45, 2.75) is 57.0 Å². The summed E-state index contributed by atoms with van der Waals surface area (Å²) in [5.74, 6) is 0.324. The molecule has 0 radical (unpaired) electrons. The second kappa shape index (κ2) is 6.48. The number of likely N-dealkylation sites (tertiary alicyclic amines) is 2. The first-order chi connectivity index (χ1) is 12.6. The lowest BCUT2D eigenvalue weighted by atomic mass is 9.75. The molecule has 26 heavy (non-hydrogen) atoms. The molecule has 1 aromatic carbocycles. The van der Waals surface area contributed by atoms with E-state index in [1.807, 2.05) is 18.2 Å². The highest BCUT2D eigenvalue weighted by molar-refractivity contribution is 5.94. The summed E-state index contributed by atoms with van der Waals surface area (Å²) in [6.45, 7) is 5.36. The average Bonchev–Trinajstić information content (AvgIpc) is 3.30. The van der Waals surface area contributed by atoms with E-state index in [1.165, 1.54) is 12.0 Å².